The summed E-state index contributed by atoms with van der Waals surface area (Å²) < 4.78 is 0. The Labute approximate surface area is 103 Å². The molecular weight excluding hydrogens is 236 g/mol. The van der Waals surface area contributed by atoms with Crippen molar-refractivity contribution < 1.29 is 5.11 Å². The highest BCUT2D eigenvalue weighted by Crippen LogP contribution is 2.12. The molecule has 0 saturated carbocycles. The normalized spacial score (nSPS) is 10.4. The molecule has 0 radical (unpaired) electrons. The maximum absolute atomic E-state index is 11.7. The molecular formula is C12H12N2O2S. The molecule has 5 heteroatoms. The lowest BCUT2D eigenvalue weighted by molar-refractivity contribution is 0.475. The quantitative estimate of drug-likeness (QED) is 0.642. The summed E-state index contributed by atoms with van der Waals surface area (Å²) >= 11 is 1.40. The lowest BCUT2D eigenvalue weighted by Gasteiger charge is -2.02. The highest BCUT2D eigenvalue weighted by atomic mass is 32.2. The highest BCUT2D eigenvalue weighted by molar-refractivity contribution is 7.98. The van der Waals surface area contributed by atoms with E-state index in [-0.39, 0.29) is 11.3 Å². The van der Waals surface area contributed by atoms with Crippen molar-refractivity contribution in [2.24, 2.45) is 0 Å². The van der Waals surface area contributed by atoms with Crippen molar-refractivity contribution in [1.29, 1.82) is 0 Å². The van der Waals surface area contributed by atoms with Crippen LogP contribution in [0.15, 0.2) is 40.4 Å². The van der Waals surface area contributed by atoms with Gasteiger partial charge >= 0.3 is 0 Å². The van der Waals surface area contributed by atoms with Crippen molar-refractivity contribution in [3.8, 4) is 5.75 Å². The molecule has 0 saturated heterocycles. The summed E-state index contributed by atoms with van der Waals surface area (Å²) in [7, 11) is 0. The lowest BCUT2D eigenvalue weighted by atomic mass is 10.1. The largest absolute Gasteiger partial charge is 0.508 e. The maximum Gasteiger partial charge on any atom is 0.255 e. The second-order valence-corrected chi connectivity index (χ2v) is 4.39. The van der Waals surface area contributed by atoms with Gasteiger partial charge in [-0.15, -0.1) is 0 Å². The van der Waals surface area contributed by atoms with Crippen molar-refractivity contribution in [3.63, 3.8) is 0 Å². The van der Waals surface area contributed by atoms with E-state index in [9.17, 15) is 4.79 Å². The molecule has 17 heavy (non-hydrogen) atoms. The van der Waals surface area contributed by atoms with Gasteiger partial charge in [0.2, 0.25) is 0 Å². The van der Waals surface area contributed by atoms with Crippen LogP contribution in [0.4, 0.5) is 0 Å². The average molecular weight is 248 g/mol. The Hall–Kier alpha value is -1.75. The van der Waals surface area contributed by atoms with Gasteiger partial charge in [-0.25, -0.2) is 4.98 Å². The second kappa shape index (κ2) is 5.05. The first-order valence-electron chi connectivity index (χ1n) is 5.09. The van der Waals surface area contributed by atoms with Gasteiger partial charge in [-0.3, -0.25) is 4.79 Å². The third kappa shape index (κ3) is 2.88. The molecule has 88 valence electrons. The van der Waals surface area contributed by atoms with Crippen LogP contribution in [-0.2, 0) is 6.42 Å². The van der Waals surface area contributed by atoms with Gasteiger partial charge in [-0.2, -0.15) is 0 Å². The van der Waals surface area contributed by atoms with Crippen LogP contribution in [0.2, 0.25) is 0 Å². The molecule has 0 atom stereocenters. The van der Waals surface area contributed by atoms with E-state index >= 15 is 0 Å². The topological polar surface area (TPSA) is 66.0 Å². The van der Waals surface area contributed by atoms with E-state index < -0.39 is 0 Å². The zero-order chi connectivity index (χ0) is 12.3. The van der Waals surface area contributed by atoms with Crippen LogP contribution < -0.4 is 5.56 Å². The Morgan fingerprint density at radius 3 is 2.65 bits per heavy atom. The van der Waals surface area contributed by atoms with Gasteiger partial charge < -0.3 is 10.1 Å². The first-order valence-corrected chi connectivity index (χ1v) is 6.31. The van der Waals surface area contributed by atoms with Gasteiger partial charge in [0.25, 0.3) is 5.56 Å². The molecule has 0 spiro atoms. The number of thioether (sulfide) groups is 1. The Morgan fingerprint density at radius 2 is 2.06 bits per heavy atom. The lowest BCUT2D eigenvalue weighted by Crippen LogP contribution is -2.14. The van der Waals surface area contributed by atoms with Crippen LogP contribution in [0.5, 0.6) is 5.75 Å². The number of phenolic OH excluding ortho intramolecular Hbond substituents is 1. The molecule has 2 N–H and O–H groups in total. The molecule has 0 fully saturated rings. The molecule has 1 aromatic carbocycles. The molecule has 0 unspecified atom stereocenters. The minimum atomic E-state index is -0.113. The zero-order valence-corrected chi connectivity index (χ0v) is 10.1. The van der Waals surface area contributed by atoms with E-state index in [1.165, 1.54) is 11.8 Å². The van der Waals surface area contributed by atoms with Crippen molar-refractivity contribution in [2.45, 2.75) is 11.6 Å². The van der Waals surface area contributed by atoms with E-state index in [4.69, 9.17) is 5.11 Å². The molecule has 4 nitrogen and oxygen atoms in total. The van der Waals surface area contributed by atoms with Gasteiger partial charge in [0.1, 0.15) is 5.75 Å². The molecule has 0 bridgehead atoms. The zero-order valence-electron chi connectivity index (χ0n) is 9.30. The van der Waals surface area contributed by atoms with Crippen molar-refractivity contribution >= 4 is 11.8 Å². The Balaban J connectivity index is 2.24. The predicted octanol–water partition coefficient (Wildman–Crippen LogP) is 1.79. The van der Waals surface area contributed by atoms with Crippen LogP contribution in [0, 0.1) is 0 Å². The summed E-state index contributed by atoms with van der Waals surface area (Å²) in [6, 6.07) is 6.79. The Bertz CT molecular complexity index is 563. The summed E-state index contributed by atoms with van der Waals surface area (Å²) in [6.45, 7) is 0. The summed E-state index contributed by atoms with van der Waals surface area (Å²) in [5.74, 6) is 0.221. The van der Waals surface area contributed by atoms with Crippen LogP contribution in [0.25, 0.3) is 0 Å². The summed E-state index contributed by atoms with van der Waals surface area (Å²) in [5.41, 5.74) is 1.47. The maximum atomic E-state index is 11.7. The fraction of sp³-hybridized carbons (Fsp3) is 0.167. The molecule has 1 aromatic heterocycles. The first-order chi connectivity index (χ1) is 8.19. The molecule has 2 rings (SSSR count). The smallest absolute Gasteiger partial charge is 0.255 e. The number of nitrogens with zero attached hydrogens (tertiary/aromatic N) is 1. The molecule has 0 aliphatic rings. The van der Waals surface area contributed by atoms with Crippen molar-refractivity contribution in [3.05, 3.63) is 51.9 Å². The van der Waals surface area contributed by atoms with Crippen LogP contribution in [0.3, 0.4) is 0 Å². The van der Waals surface area contributed by atoms with Gasteiger partial charge in [0.15, 0.2) is 5.16 Å². The summed E-state index contributed by atoms with van der Waals surface area (Å²) in [4.78, 5) is 18.5. The van der Waals surface area contributed by atoms with Crippen LogP contribution >= 0.6 is 11.8 Å². The predicted molar refractivity (Wildman–Crippen MR) is 67.6 cm³/mol. The summed E-state index contributed by atoms with van der Waals surface area (Å²) in [6.07, 6.45) is 3.96. The van der Waals surface area contributed by atoms with E-state index in [2.05, 4.69) is 9.97 Å². The molecule has 2 aromatic rings. The van der Waals surface area contributed by atoms with E-state index in [0.29, 0.717) is 17.1 Å². The number of rotatable bonds is 3. The number of H-pyrrole nitrogens is 1. The molecule has 0 aliphatic carbocycles. The van der Waals surface area contributed by atoms with Gasteiger partial charge in [-0.05, 0) is 24.0 Å². The second-order valence-electron chi connectivity index (χ2n) is 3.59. The van der Waals surface area contributed by atoms with Crippen LogP contribution in [0.1, 0.15) is 11.1 Å². The number of hydrogen-bond donors (Lipinski definition) is 2. The van der Waals surface area contributed by atoms with E-state index in [1.807, 2.05) is 6.26 Å². The van der Waals surface area contributed by atoms with Crippen molar-refractivity contribution in [1.82, 2.24) is 9.97 Å². The number of aromatic hydroxyl groups is 1. The number of aromatic amines is 1. The fourth-order valence-electron chi connectivity index (χ4n) is 1.47. The number of aromatic nitrogens is 2. The van der Waals surface area contributed by atoms with E-state index in [1.54, 1.807) is 30.5 Å². The fourth-order valence-corrected chi connectivity index (χ4v) is 1.82. The Kier molecular flexibility index (Phi) is 3.49. The summed E-state index contributed by atoms with van der Waals surface area (Å²) in [5, 5.41) is 9.78. The van der Waals surface area contributed by atoms with Gasteiger partial charge in [0.05, 0.1) is 0 Å². The van der Waals surface area contributed by atoms with Gasteiger partial charge in [0, 0.05) is 18.2 Å². The average Bonchev–Trinajstić information content (AvgIpc) is 2.34. The van der Waals surface area contributed by atoms with Crippen molar-refractivity contribution in [2.75, 3.05) is 6.26 Å². The minimum absolute atomic E-state index is 0.113. The number of nitrogens with one attached hydrogen (secondary N) is 1. The number of hydrogen-bond acceptors (Lipinski definition) is 4. The minimum Gasteiger partial charge on any atom is -0.508 e. The standard InChI is InChI=1S/C12H12N2O2S/c1-17-12-13-7-9(11(16)14-12)6-8-2-4-10(15)5-3-8/h2-5,7,15H,6H2,1H3,(H,13,14,16). The monoisotopic (exact) mass is 248 g/mol. The third-order valence-corrected chi connectivity index (χ3v) is 2.97. The molecule has 0 aliphatic heterocycles. The third-order valence-electron chi connectivity index (χ3n) is 2.37. The first kappa shape index (κ1) is 11.7. The molecule has 0 amide bonds. The Morgan fingerprint density at radius 1 is 1.35 bits per heavy atom. The molecule has 1 heterocycles. The van der Waals surface area contributed by atoms with E-state index in [0.717, 1.165) is 5.56 Å². The van der Waals surface area contributed by atoms with Crippen LogP contribution in [-0.4, -0.2) is 21.3 Å². The SMILES string of the molecule is CSc1ncc(Cc2ccc(O)cc2)c(=O)[nH]1. The number of phenols is 1. The number of benzene rings is 1. The highest BCUT2D eigenvalue weighted by Gasteiger charge is 2.03. The van der Waals surface area contributed by atoms with Gasteiger partial charge in [-0.1, -0.05) is 23.9 Å².